The maximum atomic E-state index is 12.4. The molecule has 0 aliphatic heterocycles. The molecule has 0 saturated heterocycles. The maximum absolute atomic E-state index is 12.4. The largest absolute Gasteiger partial charge is 0.318 e. The zero-order valence-corrected chi connectivity index (χ0v) is 18.7. The van der Waals surface area contributed by atoms with Crippen molar-refractivity contribution in [2.24, 2.45) is 5.10 Å². The lowest BCUT2D eigenvalue weighted by molar-refractivity contribution is -0.120. The van der Waals surface area contributed by atoms with Gasteiger partial charge in [-0.1, -0.05) is 65.7 Å². The molecule has 4 aromatic rings. The predicted octanol–water partition coefficient (Wildman–Crippen LogP) is 6.25. The number of hydrogen-bond acceptors (Lipinski definition) is 2. The molecule has 1 N–H and O–H groups in total. The van der Waals surface area contributed by atoms with E-state index in [1.807, 2.05) is 74.5 Å². The molecule has 3 aromatic carbocycles. The van der Waals surface area contributed by atoms with Crippen LogP contribution in [-0.4, -0.2) is 16.7 Å². The van der Waals surface area contributed by atoms with E-state index < -0.39 is 0 Å². The summed E-state index contributed by atoms with van der Waals surface area (Å²) >= 11 is 12.2. The summed E-state index contributed by atoms with van der Waals surface area (Å²) in [6, 6.07) is 21.5. The molecule has 0 aliphatic rings. The molecule has 4 nitrogen and oxygen atoms in total. The Hall–Kier alpha value is -3.08. The SMILES string of the molecule is Cc1cc(/C=N\NC(=O)Cc2cccc3ccccc23)c(C)n1-c1ccc(Cl)c(Cl)c1. The second kappa shape index (κ2) is 8.96. The van der Waals surface area contributed by atoms with Gasteiger partial charge in [0.2, 0.25) is 5.91 Å². The first kappa shape index (κ1) is 21.2. The first-order valence-corrected chi connectivity index (χ1v) is 10.6. The summed E-state index contributed by atoms with van der Waals surface area (Å²) in [5, 5.41) is 7.39. The molecule has 1 aromatic heterocycles. The number of fused-ring (bicyclic) bond motifs is 1. The molecule has 6 heteroatoms. The Kier molecular flexibility index (Phi) is 6.12. The molecule has 1 amide bonds. The fraction of sp³-hybridized carbons (Fsp3) is 0.120. The van der Waals surface area contributed by atoms with Crippen molar-refractivity contribution >= 4 is 46.1 Å². The van der Waals surface area contributed by atoms with E-state index in [1.165, 1.54) is 0 Å². The van der Waals surface area contributed by atoms with Crippen molar-refractivity contribution in [1.82, 2.24) is 9.99 Å². The minimum atomic E-state index is -0.161. The molecule has 0 bridgehead atoms. The van der Waals surface area contributed by atoms with Crippen LogP contribution in [0.5, 0.6) is 0 Å². The highest BCUT2D eigenvalue weighted by Gasteiger charge is 2.11. The molecule has 0 atom stereocenters. The van der Waals surface area contributed by atoms with Gasteiger partial charge < -0.3 is 4.57 Å². The molecule has 156 valence electrons. The van der Waals surface area contributed by atoms with Gasteiger partial charge in [0, 0.05) is 22.6 Å². The molecule has 0 unspecified atom stereocenters. The predicted molar refractivity (Wildman–Crippen MR) is 129 cm³/mol. The lowest BCUT2D eigenvalue weighted by atomic mass is 10.0. The van der Waals surface area contributed by atoms with Crippen LogP contribution in [0.3, 0.4) is 0 Å². The molecule has 31 heavy (non-hydrogen) atoms. The molecular formula is C25H21Cl2N3O. The number of carbonyl (C=O) groups excluding carboxylic acids is 1. The third-order valence-electron chi connectivity index (χ3n) is 5.26. The van der Waals surface area contributed by atoms with Crippen molar-refractivity contribution < 1.29 is 4.79 Å². The number of amides is 1. The molecular weight excluding hydrogens is 429 g/mol. The quantitative estimate of drug-likeness (QED) is 0.284. The number of hydrogen-bond donors (Lipinski definition) is 1. The van der Waals surface area contributed by atoms with Gasteiger partial charge in [-0.15, -0.1) is 0 Å². The van der Waals surface area contributed by atoms with E-state index in [4.69, 9.17) is 23.2 Å². The second-order valence-corrected chi connectivity index (χ2v) is 8.18. The number of rotatable bonds is 5. The van der Waals surface area contributed by atoms with E-state index in [0.717, 1.165) is 39.0 Å². The van der Waals surface area contributed by atoms with E-state index in [1.54, 1.807) is 12.3 Å². The van der Waals surface area contributed by atoms with Crippen LogP contribution in [0.1, 0.15) is 22.5 Å². The van der Waals surface area contributed by atoms with Crippen LogP contribution in [0, 0.1) is 13.8 Å². The average molecular weight is 450 g/mol. The first-order valence-electron chi connectivity index (χ1n) is 9.87. The number of halogens is 2. The molecule has 0 saturated carbocycles. The highest BCUT2D eigenvalue weighted by atomic mass is 35.5. The van der Waals surface area contributed by atoms with Gasteiger partial charge in [-0.05, 0) is 54.4 Å². The number of carbonyl (C=O) groups is 1. The van der Waals surface area contributed by atoms with E-state index in [9.17, 15) is 4.79 Å². The van der Waals surface area contributed by atoms with Crippen molar-refractivity contribution in [2.75, 3.05) is 0 Å². The van der Waals surface area contributed by atoms with Gasteiger partial charge in [-0.3, -0.25) is 4.79 Å². The van der Waals surface area contributed by atoms with Gasteiger partial charge in [0.15, 0.2) is 0 Å². The van der Waals surface area contributed by atoms with Crippen LogP contribution >= 0.6 is 23.2 Å². The lowest BCUT2D eigenvalue weighted by Gasteiger charge is -2.10. The highest BCUT2D eigenvalue weighted by Crippen LogP contribution is 2.27. The molecule has 1 heterocycles. The molecule has 0 fully saturated rings. The lowest BCUT2D eigenvalue weighted by Crippen LogP contribution is -2.19. The van der Waals surface area contributed by atoms with Gasteiger partial charge >= 0.3 is 0 Å². The minimum absolute atomic E-state index is 0.161. The zero-order valence-electron chi connectivity index (χ0n) is 17.2. The summed E-state index contributed by atoms with van der Waals surface area (Å²) in [6.07, 6.45) is 1.93. The fourth-order valence-electron chi connectivity index (χ4n) is 3.77. The van der Waals surface area contributed by atoms with E-state index in [-0.39, 0.29) is 12.3 Å². The van der Waals surface area contributed by atoms with Gasteiger partial charge in [-0.25, -0.2) is 5.43 Å². The third kappa shape index (κ3) is 4.50. The number of benzene rings is 3. The van der Waals surface area contributed by atoms with Crippen LogP contribution in [0.15, 0.2) is 71.8 Å². The highest BCUT2D eigenvalue weighted by molar-refractivity contribution is 6.42. The smallest absolute Gasteiger partial charge is 0.244 e. The van der Waals surface area contributed by atoms with Crippen LogP contribution in [0.4, 0.5) is 0 Å². The zero-order chi connectivity index (χ0) is 22.0. The summed E-state index contributed by atoms with van der Waals surface area (Å²) < 4.78 is 2.07. The van der Waals surface area contributed by atoms with Crippen molar-refractivity contribution in [2.45, 2.75) is 20.3 Å². The Labute approximate surface area is 191 Å². The Morgan fingerprint density at radius 3 is 2.58 bits per heavy atom. The van der Waals surface area contributed by atoms with E-state index >= 15 is 0 Å². The van der Waals surface area contributed by atoms with Crippen LogP contribution in [0.25, 0.3) is 16.5 Å². The second-order valence-electron chi connectivity index (χ2n) is 7.37. The number of hydrazone groups is 1. The number of aryl methyl sites for hydroxylation is 1. The summed E-state index contributed by atoms with van der Waals surface area (Å²) in [6.45, 7) is 4.00. The van der Waals surface area contributed by atoms with Crippen LogP contribution in [0.2, 0.25) is 10.0 Å². The minimum Gasteiger partial charge on any atom is -0.318 e. The molecule has 0 spiro atoms. The first-order chi connectivity index (χ1) is 14.9. The Bertz CT molecular complexity index is 1300. The van der Waals surface area contributed by atoms with Crippen molar-refractivity contribution in [3.05, 3.63) is 99.3 Å². The molecule has 4 rings (SSSR count). The Morgan fingerprint density at radius 2 is 1.77 bits per heavy atom. The van der Waals surface area contributed by atoms with Crippen LogP contribution < -0.4 is 5.43 Å². The monoisotopic (exact) mass is 449 g/mol. The number of nitrogens with one attached hydrogen (secondary N) is 1. The molecule has 0 aliphatic carbocycles. The summed E-state index contributed by atoms with van der Waals surface area (Å²) in [4.78, 5) is 12.4. The van der Waals surface area contributed by atoms with E-state index in [0.29, 0.717) is 10.0 Å². The van der Waals surface area contributed by atoms with Crippen molar-refractivity contribution in [1.29, 1.82) is 0 Å². The summed E-state index contributed by atoms with van der Waals surface area (Å²) in [7, 11) is 0. The van der Waals surface area contributed by atoms with Gasteiger partial charge in [0.1, 0.15) is 0 Å². The Balaban J connectivity index is 1.49. The standard InChI is InChI=1S/C25H21Cl2N3O/c1-16-12-20(17(2)30(16)21-10-11-23(26)24(27)14-21)15-28-29-25(31)13-19-8-5-7-18-6-3-4-9-22(18)19/h3-12,14-15H,13H2,1-2H3,(H,29,31)/b28-15-. The average Bonchev–Trinajstić information content (AvgIpc) is 3.03. The topological polar surface area (TPSA) is 46.4 Å². The van der Waals surface area contributed by atoms with Crippen molar-refractivity contribution in [3.8, 4) is 5.69 Å². The third-order valence-corrected chi connectivity index (χ3v) is 5.99. The van der Waals surface area contributed by atoms with Gasteiger partial charge in [0.05, 0.1) is 22.7 Å². The number of aromatic nitrogens is 1. The Morgan fingerprint density at radius 1 is 1.00 bits per heavy atom. The normalized spacial score (nSPS) is 11.4. The molecule has 0 radical (unpaired) electrons. The van der Waals surface area contributed by atoms with Gasteiger partial charge in [-0.2, -0.15) is 5.10 Å². The fourth-order valence-corrected chi connectivity index (χ4v) is 4.07. The number of nitrogens with zero attached hydrogens (tertiary/aromatic N) is 2. The maximum Gasteiger partial charge on any atom is 0.244 e. The summed E-state index contributed by atoms with van der Waals surface area (Å²) in [5.41, 5.74) is 7.46. The van der Waals surface area contributed by atoms with Gasteiger partial charge in [0.25, 0.3) is 0 Å². The summed E-state index contributed by atoms with van der Waals surface area (Å²) in [5.74, 6) is -0.161. The van der Waals surface area contributed by atoms with E-state index in [2.05, 4.69) is 15.1 Å². The van der Waals surface area contributed by atoms with Crippen LogP contribution in [-0.2, 0) is 11.2 Å². The van der Waals surface area contributed by atoms with Crippen molar-refractivity contribution in [3.63, 3.8) is 0 Å².